The van der Waals surface area contributed by atoms with Crippen molar-refractivity contribution in [2.45, 2.75) is 0 Å². The fraction of sp³-hybridized carbons (Fsp3) is 0.125. The lowest BCUT2D eigenvalue weighted by molar-refractivity contribution is 0.103. The summed E-state index contributed by atoms with van der Waals surface area (Å²) in [5, 5.41) is 0. The first kappa shape index (κ1) is 20.3. The number of hydrogen-bond acceptors (Lipinski definition) is 5. The molecule has 0 bridgehead atoms. The SMILES string of the molecule is COc1cc(C(=O)c2cn(-c3ccc(F)cc3)cc2-c2ccco2)cc(OC)c1OC. The molecular formula is C24H20FNO5. The number of carbonyl (C=O) groups excluding carboxylic acids is 1. The van der Waals surface area contributed by atoms with Gasteiger partial charge in [-0.25, -0.2) is 4.39 Å². The van der Waals surface area contributed by atoms with Crippen LogP contribution in [0.25, 0.3) is 17.0 Å². The summed E-state index contributed by atoms with van der Waals surface area (Å²) in [4.78, 5) is 13.5. The van der Waals surface area contributed by atoms with Crippen LogP contribution in [0.2, 0.25) is 0 Å². The van der Waals surface area contributed by atoms with Crippen molar-refractivity contribution >= 4 is 5.78 Å². The molecule has 0 unspecified atom stereocenters. The van der Waals surface area contributed by atoms with Crippen molar-refractivity contribution in [1.82, 2.24) is 4.57 Å². The molecule has 0 saturated heterocycles. The fourth-order valence-electron chi connectivity index (χ4n) is 3.39. The van der Waals surface area contributed by atoms with E-state index in [1.165, 1.54) is 39.7 Å². The Hall–Kier alpha value is -4.00. The Morgan fingerprint density at radius 1 is 0.935 bits per heavy atom. The topological polar surface area (TPSA) is 62.8 Å². The standard InChI is InChI=1S/C24H20FNO5/c1-28-21-11-15(12-22(29-2)24(21)30-3)23(27)19-14-26(17-8-6-16(25)7-9-17)13-18(19)20-5-4-10-31-20/h4-14H,1-3H3. The quantitative estimate of drug-likeness (QED) is 0.387. The molecule has 4 aromatic rings. The van der Waals surface area contributed by atoms with Crippen LogP contribution in [-0.4, -0.2) is 31.7 Å². The van der Waals surface area contributed by atoms with E-state index in [2.05, 4.69) is 0 Å². The van der Waals surface area contributed by atoms with Crippen molar-refractivity contribution in [2.24, 2.45) is 0 Å². The van der Waals surface area contributed by atoms with Crippen LogP contribution in [0, 0.1) is 5.82 Å². The minimum absolute atomic E-state index is 0.258. The van der Waals surface area contributed by atoms with Crippen molar-refractivity contribution in [2.75, 3.05) is 21.3 Å². The van der Waals surface area contributed by atoms with E-state index in [0.29, 0.717) is 45.4 Å². The number of aromatic nitrogens is 1. The van der Waals surface area contributed by atoms with Gasteiger partial charge in [-0.2, -0.15) is 0 Å². The summed E-state index contributed by atoms with van der Waals surface area (Å²) in [7, 11) is 4.48. The van der Waals surface area contributed by atoms with Gasteiger partial charge in [0.2, 0.25) is 5.75 Å². The minimum Gasteiger partial charge on any atom is -0.493 e. The van der Waals surface area contributed by atoms with Crippen LogP contribution in [-0.2, 0) is 0 Å². The number of carbonyl (C=O) groups is 1. The van der Waals surface area contributed by atoms with Gasteiger partial charge in [0.1, 0.15) is 11.6 Å². The molecule has 0 spiro atoms. The molecule has 0 radical (unpaired) electrons. The Balaban J connectivity index is 1.85. The second-order valence-corrected chi connectivity index (χ2v) is 6.69. The van der Waals surface area contributed by atoms with E-state index in [1.54, 1.807) is 53.4 Å². The van der Waals surface area contributed by atoms with Crippen molar-refractivity contribution in [1.29, 1.82) is 0 Å². The number of benzene rings is 2. The van der Waals surface area contributed by atoms with E-state index in [1.807, 2.05) is 0 Å². The predicted octanol–water partition coefficient (Wildman–Crippen LogP) is 5.13. The van der Waals surface area contributed by atoms with Crippen LogP contribution in [0.3, 0.4) is 0 Å². The number of furan rings is 1. The normalized spacial score (nSPS) is 10.7. The molecule has 0 aliphatic carbocycles. The molecule has 2 aromatic heterocycles. The maximum Gasteiger partial charge on any atom is 0.203 e. The Labute approximate surface area is 178 Å². The molecule has 2 aromatic carbocycles. The first-order chi connectivity index (χ1) is 15.0. The van der Waals surface area contributed by atoms with Crippen molar-refractivity contribution in [3.63, 3.8) is 0 Å². The lowest BCUT2D eigenvalue weighted by atomic mass is 10.0. The molecule has 31 heavy (non-hydrogen) atoms. The number of rotatable bonds is 7. The molecule has 0 fully saturated rings. The second kappa shape index (κ2) is 8.39. The van der Waals surface area contributed by atoms with Crippen molar-refractivity contribution in [3.8, 4) is 34.3 Å². The molecule has 0 N–H and O–H groups in total. The molecule has 0 atom stereocenters. The van der Waals surface area contributed by atoms with Gasteiger partial charge >= 0.3 is 0 Å². The van der Waals surface area contributed by atoms with E-state index in [0.717, 1.165) is 0 Å². The van der Waals surface area contributed by atoms with E-state index < -0.39 is 0 Å². The molecule has 0 aliphatic heterocycles. The largest absolute Gasteiger partial charge is 0.493 e. The second-order valence-electron chi connectivity index (χ2n) is 6.69. The highest BCUT2D eigenvalue weighted by Gasteiger charge is 2.23. The van der Waals surface area contributed by atoms with Gasteiger partial charge < -0.3 is 23.2 Å². The summed E-state index contributed by atoms with van der Waals surface area (Å²) < 4.78 is 36.7. The first-order valence-corrected chi connectivity index (χ1v) is 9.42. The highest BCUT2D eigenvalue weighted by Crippen LogP contribution is 2.39. The summed E-state index contributed by atoms with van der Waals surface area (Å²) in [6.45, 7) is 0. The van der Waals surface area contributed by atoms with Gasteiger partial charge in [0, 0.05) is 29.2 Å². The molecule has 2 heterocycles. The fourth-order valence-corrected chi connectivity index (χ4v) is 3.39. The summed E-state index contributed by atoms with van der Waals surface area (Å²) in [6.07, 6.45) is 5.01. The zero-order valence-electron chi connectivity index (χ0n) is 17.2. The van der Waals surface area contributed by atoms with E-state index in [9.17, 15) is 9.18 Å². The third-order valence-corrected chi connectivity index (χ3v) is 4.91. The van der Waals surface area contributed by atoms with Crippen LogP contribution in [0.1, 0.15) is 15.9 Å². The van der Waals surface area contributed by atoms with Crippen LogP contribution in [0.15, 0.2) is 71.6 Å². The lowest BCUT2D eigenvalue weighted by Crippen LogP contribution is -2.04. The number of methoxy groups -OCH3 is 3. The first-order valence-electron chi connectivity index (χ1n) is 9.42. The van der Waals surface area contributed by atoms with Gasteiger partial charge in [-0.05, 0) is 48.5 Å². The highest BCUT2D eigenvalue weighted by atomic mass is 19.1. The van der Waals surface area contributed by atoms with Crippen LogP contribution >= 0.6 is 0 Å². The van der Waals surface area contributed by atoms with Gasteiger partial charge in [-0.3, -0.25) is 4.79 Å². The monoisotopic (exact) mass is 421 g/mol. The number of nitrogens with zero attached hydrogens (tertiary/aromatic N) is 1. The Morgan fingerprint density at radius 2 is 1.61 bits per heavy atom. The third kappa shape index (κ3) is 3.77. The number of hydrogen-bond donors (Lipinski definition) is 0. The highest BCUT2D eigenvalue weighted by molar-refractivity contribution is 6.13. The minimum atomic E-state index is -0.337. The summed E-state index contributed by atoms with van der Waals surface area (Å²) in [5.41, 5.74) is 2.08. The van der Waals surface area contributed by atoms with Gasteiger partial charge in [0.15, 0.2) is 17.3 Å². The van der Waals surface area contributed by atoms with Crippen LogP contribution in [0.4, 0.5) is 4.39 Å². The summed E-state index contributed by atoms with van der Waals surface area (Å²) >= 11 is 0. The lowest BCUT2D eigenvalue weighted by Gasteiger charge is -2.13. The molecule has 6 nitrogen and oxygen atoms in total. The maximum absolute atomic E-state index is 13.5. The molecule has 158 valence electrons. The Bertz CT molecular complexity index is 1180. The van der Waals surface area contributed by atoms with Gasteiger partial charge in [0.05, 0.1) is 33.2 Å². The van der Waals surface area contributed by atoms with Gasteiger partial charge in [-0.15, -0.1) is 0 Å². The van der Waals surface area contributed by atoms with E-state index in [4.69, 9.17) is 18.6 Å². The molecule has 0 aliphatic rings. The van der Waals surface area contributed by atoms with Gasteiger partial charge in [0.25, 0.3) is 0 Å². The average Bonchev–Trinajstić information content (AvgIpc) is 3.48. The number of ketones is 1. The van der Waals surface area contributed by atoms with E-state index >= 15 is 0 Å². The summed E-state index contributed by atoms with van der Waals surface area (Å²) in [6, 6.07) is 12.7. The molecule has 0 saturated carbocycles. The Morgan fingerprint density at radius 3 is 2.16 bits per heavy atom. The maximum atomic E-state index is 13.5. The van der Waals surface area contributed by atoms with Crippen LogP contribution < -0.4 is 14.2 Å². The zero-order valence-corrected chi connectivity index (χ0v) is 17.2. The van der Waals surface area contributed by atoms with Gasteiger partial charge in [-0.1, -0.05) is 0 Å². The number of ether oxygens (including phenoxy) is 3. The molecule has 0 amide bonds. The van der Waals surface area contributed by atoms with E-state index in [-0.39, 0.29) is 11.6 Å². The van der Waals surface area contributed by atoms with Crippen molar-refractivity contribution in [3.05, 3.63) is 84.1 Å². The molecule has 4 rings (SSSR count). The summed E-state index contributed by atoms with van der Waals surface area (Å²) in [5.74, 6) is 1.10. The molecular weight excluding hydrogens is 401 g/mol. The van der Waals surface area contributed by atoms with Crippen molar-refractivity contribution < 1.29 is 27.8 Å². The Kier molecular flexibility index (Phi) is 5.49. The number of halogens is 1. The molecule has 7 heteroatoms. The smallest absolute Gasteiger partial charge is 0.203 e. The third-order valence-electron chi connectivity index (χ3n) is 4.91. The average molecular weight is 421 g/mol. The zero-order chi connectivity index (χ0) is 22.0. The van der Waals surface area contributed by atoms with Crippen LogP contribution in [0.5, 0.6) is 17.2 Å². The predicted molar refractivity (Wildman–Crippen MR) is 113 cm³/mol.